The summed E-state index contributed by atoms with van der Waals surface area (Å²) in [4.78, 5) is 0. The van der Waals surface area contributed by atoms with Gasteiger partial charge in [-0.05, 0) is 68.0 Å². The first-order chi connectivity index (χ1) is 11.1. The Hall–Kier alpha value is -2.02. The minimum Gasteiger partial charge on any atom is -0.313 e. The van der Waals surface area contributed by atoms with Crippen molar-refractivity contribution in [1.29, 1.82) is 0 Å². The third-order valence-electron chi connectivity index (χ3n) is 5.18. The number of hydrogen-bond donors (Lipinski definition) is 0. The highest BCUT2D eigenvalue weighted by atomic mass is 15.0. The van der Waals surface area contributed by atoms with Crippen molar-refractivity contribution >= 4 is 10.9 Å². The van der Waals surface area contributed by atoms with Crippen molar-refractivity contribution in [2.75, 3.05) is 0 Å². The van der Waals surface area contributed by atoms with Gasteiger partial charge in [-0.2, -0.15) is 0 Å². The van der Waals surface area contributed by atoms with Crippen molar-refractivity contribution in [3.8, 4) is 5.69 Å². The van der Waals surface area contributed by atoms with Crippen LogP contribution in [0.5, 0.6) is 0 Å². The van der Waals surface area contributed by atoms with Gasteiger partial charge in [0.1, 0.15) is 0 Å². The maximum atomic E-state index is 2.44. The Balaban J connectivity index is 2.26. The molecular formula is C22H27N. The third kappa shape index (κ3) is 2.69. The van der Waals surface area contributed by atoms with E-state index in [0.29, 0.717) is 5.92 Å². The average molecular weight is 305 g/mol. The molecule has 3 rings (SSSR count). The molecule has 1 nitrogen and oxygen atoms in total. The van der Waals surface area contributed by atoms with Crippen LogP contribution in [0, 0.1) is 13.8 Å². The van der Waals surface area contributed by atoms with Gasteiger partial charge in [-0.25, -0.2) is 0 Å². The van der Waals surface area contributed by atoms with Gasteiger partial charge >= 0.3 is 0 Å². The summed E-state index contributed by atoms with van der Waals surface area (Å²) in [6, 6.07) is 15.9. The monoisotopic (exact) mass is 305 g/mol. The molecule has 2 aromatic carbocycles. The first-order valence-corrected chi connectivity index (χ1v) is 8.77. The second-order valence-corrected chi connectivity index (χ2v) is 6.68. The highest BCUT2D eigenvalue weighted by Crippen LogP contribution is 2.32. The van der Waals surface area contributed by atoms with Gasteiger partial charge < -0.3 is 4.57 Å². The van der Waals surface area contributed by atoms with Crippen molar-refractivity contribution in [3.63, 3.8) is 0 Å². The molecular weight excluding hydrogens is 278 g/mol. The Labute approximate surface area is 140 Å². The van der Waals surface area contributed by atoms with Crippen LogP contribution in [0.1, 0.15) is 55.5 Å². The first-order valence-electron chi connectivity index (χ1n) is 8.77. The summed E-state index contributed by atoms with van der Waals surface area (Å²) in [6.45, 7) is 11.2. The van der Waals surface area contributed by atoms with Crippen molar-refractivity contribution in [2.24, 2.45) is 0 Å². The van der Waals surface area contributed by atoms with E-state index in [9.17, 15) is 0 Å². The zero-order valence-corrected chi connectivity index (χ0v) is 15.0. The van der Waals surface area contributed by atoms with Crippen molar-refractivity contribution < 1.29 is 0 Å². The van der Waals surface area contributed by atoms with E-state index in [1.165, 1.54) is 45.4 Å². The molecule has 0 saturated carbocycles. The lowest BCUT2D eigenvalue weighted by molar-refractivity contribution is 0.734. The van der Waals surface area contributed by atoms with Gasteiger partial charge in [-0.3, -0.25) is 0 Å². The van der Waals surface area contributed by atoms with E-state index in [2.05, 4.69) is 81.7 Å². The van der Waals surface area contributed by atoms with E-state index in [1.54, 1.807) is 0 Å². The molecule has 0 aliphatic carbocycles. The van der Waals surface area contributed by atoms with E-state index in [1.807, 2.05) is 0 Å². The smallest absolute Gasteiger partial charge is 0.0534 e. The van der Waals surface area contributed by atoms with Gasteiger partial charge in [0, 0.05) is 16.8 Å². The van der Waals surface area contributed by atoms with Gasteiger partial charge in [0.15, 0.2) is 0 Å². The second kappa shape index (κ2) is 6.23. The van der Waals surface area contributed by atoms with Crippen LogP contribution in [0.3, 0.4) is 0 Å². The number of aromatic nitrogens is 1. The lowest BCUT2D eigenvalue weighted by atomic mass is 9.96. The molecule has 1 unspecified atom stereocenters. The number of fused-ring (bicyclic) bond motifs is 1. The molecule has 120 valence electrons. The summed E-state index contributed by atoms with van der Waals surface area (Å²) < 4.78 is 2.44. The summed E-state index contributed by atoms with van der Waals surface area (Å²) in [5, 5.41) is 1.40. The SMILES string of the molecule is CCc1c(C)c2cc(C(C)CC)ccc2n1-c1ccc(C)cc1. The average Bonchev–Trinajstić information content (AvgIpc) is 2.86. The van der Waals surface area contributed by atoms with Crippen LogP contribution in [-0.4, -0.2) is 4.57 Å². The van der Waals surface area contributed by atoms with E-state index in [0.717, 1.165) is 6.42 Å². The molecule has 1 heteroatoms. The molecule has 0 fully saturated rings. The Bertz CT molecular complexity index is 821. The molecule has 0 N–H and O–H groups in total. The lowest BCUT2D eigenvalue weighted by Gasteiger charge is -2.12. The summed E-state index contributed by atoms with van der Waals surface area (Å²) >= 11 is 0. The van der Waals surface area contributed by atoms with Gasteiger partial charge in [0.2, 0.25) is 0 Å². The topological polar surface area (TPSA) is 4.93 Å². The zero-order valence-electron chi connectivity index (χ0n) is 15.0. The standard InChI is InChI=1S/C22H27N/c1-6-16(4)18-10-13-22-20(14-18)17(5)21(7-2)23(22)19-11-8-15(3)9-12-19/h8-14,16H,6-7H2,1-5H3. The third-order valence-corrected chi connectivity index (χ3v) is 5.18. The normalized spacial score (nSPS) is 12.7. The maximum absolute atomic E-state index is 2.44. The van der Waals surface area contributed by atoms with Gasteiger partial charge in [-0.1, -0.05) is 44.5 Å². The van der Waals surface area contributed by atoms with Crippen molar-refractivity contribution in [2.45, 2.75) is 53.4 Å². The predicted octanol–water partition coefficient (Wildman–Crippen LogP) is 6.32. The minimum absolute atomic E-state index is 0.617. The van der Waals surface area contributed by atoms with Gasteiger partial charge in [0.25, 0.3) is 0 Å². The lowest BCUT2D eigenvalue weighted by Crippen LogP contribution is -2.00. The summed E-state index contributed by atoms with van der Waals surface area (Å²) in [5.74, 6) is 0.617. The Morgan fingerprint density at radius 3 is 2.26 bits per heavy atom. The molecule has 0 amide bonds. The molecule has 0 saturated heterocycles. The molecule has 1 aromatic heterocycles. The minimum atomic E-state index is 0.617. The van der Waals surface area contributed by atoms with E-state index in [-0.39, 0.29) is 0 Å². The maximum Gasteiger partial charge on any atom is 0.0534 e. The van der Waals surface area contributed by atoms with Crippen LogP contribution in [0.25, 0.3) is 16.6 Å². The Morgan fingerprint density at radius 1 is 0.957 bits per heavy atom. The molecule has 0 radical (unpaired) electrons. The number of aryl methyl sites for hydroxylation is 2. The highest BCUT2D eigenvalue weighted by Gasteiger charge is 2.15. The Kier molecular flexibility index (Phi) is 4.30. The highest BCUT2D eigenvalue weighted by molar-refractivity contribution is 5.88. The number of benzene rings is 2. The fourth-order valence-electron chi connectivity index (χ4n) is 3.47. The van der Waals surface area contributed by atoms with E-state index >= 15 is 0 Å². The summed E-state index contributed by atoms with van der Waals surface area (Å²) in [7, 11) is 0. The molecule has 0 bridgehead atoms. The fraction of sp³-hybridized carbons (Fsp3) is 0.364. The molecule has 0 aliphatic rings. The molecule has 1 atom stereocenters. The summed E-state index contributed by atoms with van der Waals surface area (Å²) in [5.41, 5.74) is 8.20. The zero-order chi connectivity index (χ0) is 16.6. The molecule has 3 aromatic rings. The Morgan fingerprint density at radius 2 is 1.65 bits per heavy atom. The quantitative estimate of drug-likeness (QED) is 0.531. The van der Waals surface area contributed by atoms with E-state index < -0.39 is 0 Å². The van der Waals surface area contributed by atoms with Crippen molar-refractivity contribution in [3.05, 3.63) is 64.8 Å². The van der Waals surface area contributed by atoms with Gasteiger partial charge in [-0.15, -0.1) is 0 Å². The first kappa shape index (κ1) is 15.9. The molecule has 1 heterocycles. The second-order valence-electron chi connectivity index (χ2n) is 6.68. The summed E-state index contributed by atoms with van der Waals surface area (Å²) in [6.07, 6.45) is 2.23. The molecule has 0 aliphatic heterocycles. The number of hydrogen-bond acceptors (Lipinski definition) is 0. The largest absolute Gasteiger partial charge is 0.313 e. The number of rotatable bonds is 4. The van der Waals surface area contributed by atoms with Crippen LogP contribution in [-0.2, 0) is 6.42 Å². The molecule has 0 spiro atoms. The van der Waals surface area contributed by atoms with Crippen LogP contribution in [0.2, 0.25) is 0 Å². The van der Waals surface area contributed by atoms with Crippen molar-refractivity contribution in [1.82, 2.24) is 4.57 Å². The molecule has 23 heavy (non-hydrogen) atoms. The number of nitrogens with zero attached hydrogens (tertiary/aromatic N) is 1. The fourth-order valence-corrected chi connectivity index (χ4v) is 3.47. The van der Waals surface area contributed by atoms with Crippen LogP contribution >= 0.6 is 0 Å². The van der Waals surface area contributed by atoms with Crippen LogP contribution < -0.4 is 0 Å². The van der Waals surface area contributed by atoms with Crippen LogP contribution in [0.15, 0.2) is 42.5 Å². The predicted molar refractivity (Wildman–Crippen MR) is 101 cm³/mol. The van der Waals surface area contributed by atoms with Crippen LogP contribution in [0.4, 0.5) is 0 Å². The van der Waals surface area contributed by atoms with Gasteiger partial charge in [0.05, 0.1) is 5.52 Å². The van der Waals surface area contributed by atoms with E-state index in [4.69, 9.17) is 0 Å².